The highest BCUT2D eigenvalue weighted by atomic mass is 79.9. The minimum atomic E-state index is -4.37. The highest BCUT2D eigenvalue weighted by molar-refractivity contribution is 9.09. The second-order valence-electron chi connectivity index (χ2n) is 5.83. The maximum atomic E-state index is 13.0. The zero-order valence-electron chi connectivity index (χ0n) is 11.9. The van der Waals surface area contributed by atoms with E-state index < -0.39 is 11.7 Å². The smallest absolute Gasteiger partial charge is 0.419 e. The highest BCUT2D eigenvalue weighted by Gasteiger charge is 2.36. The molecule has 1 saturated carbocycles. The van der Waals surface area contributed by atoms with Crippen LogP contribution in [0.5, 0.6) is 5.75 Å². The van der Waals surface area contributed by atoms with E-state index in [1.165, 1.54) is 25.0 Å². The lowest BCUT2D eigenvalue weighted by Crippen LogP contribution is -2.30. The molecule has 0 saturated heterocycles. The van der Waals surface area contributed by atoms with Crippen molar-refractivity contribution in [1.29, 1.82) is 0 Å². The van der Waals surface area contributed by atoms with Gasteiger partial charge >= 0.3 is 6.18 Å². The Balaban J connectivity index is 2.11. The molecule has 0 amide bonds. The first-order chi connectivity index (χ1) is 9.97. The van der Waals surface area contributed by atoms with Crippen LogP contribution in [0.15, 0.2) is 24.3 Å². The summed E-state index contributed by atoms with van der Waals surface area (Å²) in [6.07, 6.45) is 2.29. The zero-order chi connectivity index (χ0) is 15.3. The van der Waals surface area contributed by atoms with Crippen LogP contribution in [0.3, 0.4) is 0 Å². The number of hydrogen-bond donors (Lipinski definition) is 0. The number of para-hydroxylation sites is 1. The van der Waals surface area contributed by atoms with Gasteiger partial charge in [0, 0.05) is 10.7 Å². The lowest BCUT2D eigenvalue weighted by molar-refractivity contribution is -0.139. The van der Waals surface area contributed by atoms with Crippen molar-refractivity contribution >= 4 is 15.9 Å². The summed E-state index contributed by atoms with van der Waals surface area (Å²) >= 11 is 3.53. The Labute approximate surface area is 132 Å². The van der Waals surface area contributed by atoms with Crippen LogP contribution in [0.25, 0.3) is 0 Å². The Hall–Kier alpha value is -0.710. The molecule has 2 rings (SSSR count). The summed E-state index contributed by atoms with van der Waals surface area (Å²) in [5.41, 5.74) is -0.738. The van der Waals surface area contributed by atoms with E-state index in [9.17, 15) is 13.2 Å². The average molecular weight is 365 g/mol. The minimum Gasteiger partial charge on any atom is -0.492 e. The largest absolute Gasteiger partial charge is 0.492 e. The van der Waals surface area contributed by atoms with E-state index in [0.717, 1.165) is 37.1 Å². The second-order valence-corrected chi connectivity index (χ2v) is 6.39. The second kappa shape index (κ2) is 7.03. The number of ether oxygens (including phenoxy) is 1. The van der Waals surface area contributed by atoms with Crippen molar-refractivity contribution in [3.8, 4) is 5.75 Å². The molecule has 0 atom stereocenters. The van der Waals surface area contributed by atoms with E-state index in [1.54, 1.807) is 6.07 Å². The van der Waals surface area contributed by atoms with Crippen molar-refractivity contribution in [2.45, 2.75) is 44.7 Å². The molecule has 5 heteroatoms. The van der Waals surface area contributed by atoms with Gasteiger partial charge in [0.1, 0.15) is 5.75 Å². The predicted octanol–water partition coefficient (Wildman–Crippen LogP) is 5.82. The quantitative estimate of drug-likeness (QED) is 0.483. The van der Waals surface area contributed by atoms with Gasteiger partial charge in [-0.05, 0) is 25.0 Å². The Morgan fingerprint density at radius 1 is 1.05 bits per heavy atom. The van der Waals surface area contributed by atoms with E-state index in [-0.39, 0.29) is 11.2 Å². The molecule has 21 heavy (non-hydrogen) atoms. The van der Waals surface area contributed by atoms with Gasteiger partial charge in [-0.3, -0.25) is 0 Å². The summed E-state index contributed by atoms with van der Waals surface area (Å²) in [7, 11) is 0. The topological polar surface area (TPSA) is 9.23 Å². The van der Waals surface area contributed by atoms with Gasteiger partial charge in [-0.25, -0.2) is 0 Å². The monoisotopic (exact) mass is 364 g/mol. The van der Waals surface area contributed by atoms with E-state index in [4.69, 9.17) is 4.74 Å². The van der Waals surface area contributed by atoms with Gasteiger partial charge in [0.2, 0.25) is 0 Å². The molecule has 0 N–H and O–H groups in total. The van der Waals surface area contributed by atoms with E-state index >= 15 is 0 Å². The summed E-state index contributed by atoms with van der Waals surface area (Å²) in [6, 6.07) is 5.45. The zero-order valence-corrected chi connectivity index (χ0v) is 13.5. The molecule has 0 aromatic heterocycles. The fourth-order valence-corrected chi connectivity index (χ4v) is 3.58. The molecule has 0 heterocycles. The number of hydrogen-bond acceptors (Lipinski definition) is 1. The number of alkyl halides is 4. The number of halogens is 4. The number of rotatable bonds is 4. The summed E-state index contributed by atoms with van der Waals surface area (Å²) in [5.74, 6) is -0.0606. The fraction of sp³-hybridized carbons (Fsp3) is 0.625. The van der Waals surface area contributed by atoms with Crippen molar-refractivity contribution < 1.29 is 17.9 Å². The lowest BCUT2D eigenvalue weighted by Gasteiger charge is -2.31. The molecule has 1 aliphatic carbocycles. The summed E-state index contributed by atoms with van der Waals surface area (Å²) in [6.45, 7) is 0.339. The minimum absolute atomic E-state index is 0.0464. The van der Waals surface area contributed by atoms with Gasteiger partial charge in [-0.2, -0.15) is 13.2 Å². The van der Waals surface area contributed by atoms with Crippen LogP contribution >= 0.6 is 15.9 Å². The van der Waals surface area contributed by atoms with Crippen molar-refractivity contribution in [1.82, 2.24) is 0 Å². The van der Waals surface area contributed by atoms with E-state index in [2.05, 4.69) is 15.9 Å². The third-order valence-corrected chi connectivity index (χ3v) is 5.36. The normalized spacial score (nSPS) is 19.0. The Bertz CT molecular complexity index is 451. The molecule has 1 aromatic carbocycles. The molecular weight excluding hydrogens is 345 g/mol. The van der Waals surface area contributed by atoms with Crippen LogP contribution in [0, 0.1) is 5.41 Å². The van der Waals surface area contributed by atoms with Crippen LogP contribution in [0.1, 0.15) is 44.1 Å². The van der Waals surface area contributed by atoms with Gasteiger partial charge in [0.25, 0.3) is 0 Å². The van der Waals surface area contributed by atoms with Crippen LogP contribution in [-0.4, -0.2) is 11.9 Å². The van der Waals surface area contributed by atoms with Gasteiger partial charge in [-0.1, -0.05) is 53.7 Å². The van der Waals surface area contributed by atoms with E-state index in [1.807, 2.05) is 0 Å². The first-order valence-electron chi connectivity index (χ1n) is 7.32. The Kier molecular flexibility index (Phi) is 5.58. The molecule has 1 fully saturated rings. The third kappa shape index (κ3) is 4.38. The molecule has 0 unspecified atom stereocenters. The molecule has 0 radical (unpaired) electrons. The highest BCUT2D eigenvalue weighted by Crippen LogP contribution is 2.40. The summed E-state index contributed by atoms with van der Waals surface area (Å²) < 4.78 is 44.5. The van der Waals surface area contributed by atoms with Crippen molar-refractivity contribution in [3.63, 3.8) is 0 Å². The molecule has 0 spiro atoms. The molecule has 0 aliphatic heterocycles. The maximum absolute atomic E-state index is 13.0. The Morgan fingerprint density at radius 2 is 1.67 bits per heavy atom. The van der Waals surface area contributed by atoms with Gasteiger partial charge < -0.3 is 4.74 Å². The first-order valence-corrected chi connectivity index (χ1v) is 8.44. The number of benzene rings is 1. The predicted molar refractivity (Wildman–Crippen MR) is 80.9 cm³/mol. The summed E-state index contributed by atoms with van der Waals surface area (Å²) in [4.78, 5) is 0. The molecule has 1 aliphatic rings. The van der Waals surface area contributed by atoms with Crippen LogP contribution in [0.4, 0.5) is 13.2 Å². The maximum Gasteiger partial charge on any atom is 0.419 e. The summed E-state index contributed by atoms with van der Waals surface area (Å²) in [5, 5.41) is 0.772. The Morgan fingerprint density at radius 3 is 2.24 bits per heavy atom. The molecule has 0 bridgehead atoms. The average Bonchev–Trinajstić information content (AvgIpc) is 2.71. The van der Waals surface area contributed by atoms with E-state index in [0.29, 0.717) is 6.61 Å². The van der Waals surface area contributed by atoms with Crippen molar-refractivity contribution in [3.05, 3.63) is 29.8 Å². The van der Waals surface area contributed by atoms with Gasteiger partial charge in [0.05, 0.1) is 12.2 Å². The molecular formula is C16H20BrF3O. The van der Waals surface area contributed by atoms with Crippen LogP contribution in [-0.2, 0) is 6.18 Å². The molecule has 1 nitrogen and oxygen atoms in total. The first kappa shape index (κ1) is 16.7. The van der Waals surface area contributed by atoms with Crippen LogP contribution < -0.4 is 4.74 Å². The lowest BCUT2D eigenvalue weighted by atomic mass is 9.83. The molecule has 118 valence electrons. The SMILES string of the molecule is FC(F)(F)c1ccccc1OCC1(CBr)CCCCCC1. The molecule has 1 aromatic rings. The fourth-order valence-electron chi connectivity index (χ4n) is 2.85. The van der Waals surface area contributed by atoms with Crippen molar-refractivity contribution in [2.75, 3.05) is 11.9 Å². The van der Waals surface area contributed by atoms with Gasteiger partial charge in [-0.15, -0.1) is 0 Å². The van der Waals surface area contributed by atoms with Crippen molar-refractivity contribution in [2.24, 2.45) is 5.41 Å². The van der Waals surface area contributed by atoms with Crippen LogP contribution in [0.2, 0.25) is 0 Å². The van der Waals surface area contributed by atoms with Gasteiger partial charge in [0.15, 0.2) is 0 Å². The third-order valence-electron chi connectivity index (χ3n) is 4.17. The standard InChI is InChI=1S/C16H20BrF3O/c17-11-15(9-5-1-2-6-10-15)12-21-14-8-4-3-7-13(14)16(18,19)20/h3-4,7-8H,1-2,5-6,9-12H2.